The second-order valence-corrected chi connectivity index (χ2v) is 13.2. The van der Waals surface area contributed by atoms with Gasteiger partial charge in [-0.2, -0.15) is 9.83 Å². The van der Waals surface area contributed by atoms with Gasteiger partial charge in [-0.25, -0.2) is 18.4 Å². The summed E-state index contributed by atoms with van der Waals surface area (Å²) in [6, 6.07) is 14.1. The second kappa shape index (κ2) is 13.3. The lowest BCUT2D eigenvalue weighted by atomic mass is 9.83. The minimum atomic E-state index is -2.67. The number of methoxy groups -OCH3 is 1. The maximum absolute atomic E-state index is 13.9. The van der Waals surface area contributed by atoms with E-state index in [4.69, 9.17) is 21.3 Å². The minimum absolute atomic E-state index is 0.138. The smallest absolute Gasteiger partial charge is 0.266 e. The minimum Gasteiger partial charge on any atom is -0.618 e. The second-order valence-electron chi connectivity index (χ2n) is 12.7. The van der Waals surface area contributed by atoms with E-state index in [0.717, 1.165) is 16.6 Å². The number of hydrogen-bond acceptors (Lipinski definition) is 6. The Labute approximate surface area is 287 Å². The maximum Gasteiger partial charge on any atom is 0.266 e. The molecule has 49 heavy (non-hydrogen) atoms. The number of benzene rings is 2. The summed E-state index contributed by atoms with van der Waals surface area (Å²) in [5.41, 5.74) is 4.48. The van der Waals surface area contributed by atoms with Gasteiger partial charge in [-0.3, -0.25) is 4.79 Å². The molecular formula is C36H36ClF2N7O3. The molecule has 1 aliphatic heterocycles. The zero-order valence-electron chi connectivity index (χ0n) is 27.5. The van der Waals surface area contributed by atoms with Gasteiger partial charge in [-0.05, 0) is 68.8 Å². The molecule has 1 atom stereocenters. The number of carbonyl (C=O) groups is 1. The van der Waals surface area contributed by atoms with Gasteiger partial charge in [0.1, 0.15) is 11.7 Å². The number of H-pyrrole nitrogens is 1. The highest BCUT2D eigenvalue weighted by Gasteiger charge is 2.33. The number of fused-ring (bicyclic) bond motifs is 4. The molecule has 0 fully saturated rings. The van der Waals surface area contributed by atoms with Gasteiger partial charge in [0.15, 0.2) is 12.1 Å². The summed E-state index contributed by atoms with van der Waals surface area (Å²) in [7, 11) is 1.51. The number of carbonyl (C=O) groups excluding carboxylic acids is 1. The van der Waals surface area contributed by atoms with Crippen LogP contribution in [0.5, 0.6) is 0 Å². The number of aryl methyl sites for hydroxylation is 1. The number of nitrogens with zero attached hydrogens (tertiary/aromatic N) is 4. The van der Waals surface area contributed by atoms with Crippen molar-refractivity contribution in [3.8, 4) is 28.1 Å². The lowest BCUT2D eigenvalue weighted by molar-refractivity contribution is -0.614. The fraction of sp³-hybridized carbons (Fsp3) is 0.278. The summed E-state index contributed by atoms with van der Waals surface area (Å²) in [5.74, 6) is 0.410. The topological polar surface area (TPSA) is 124 Å². The van der Waals surface area contributed by atoms with Crippen LogP contribution in [-0.2, 0) is 9.53 Å². The van der Waals surface area contributed by atoms with Gasteiger partial charge in [0.05, 0.1) is 35.9 Å². The first-order valence-electron chi connectivity index (χ1n) is 15.7. The summed E-state index contributed by atoms with van der Waals surface area (Å²) >= 11 is 6.35. The molecule has 0 aliphatic carbocycles. The van der Waals surface area contributed by atoms with Gasteiger partial charge in [0.25, 0.3) is 6.43 Å². The molecule has 0 saturated carbocycles. The Hall–Kier alpha value is -5.23. The zero-order chi connectivity index (χ0) is 35.0. The largest absolute Gasteiger partial charge is 0.618 e. The van der Waals surface area contributed by atoms with Crippen LogP contribution in [0.25, 0.3) is 28.1 Å². The van der Waals surface area contributed by atoms with E-state index in [1.807, 2.05) is 39.0 Å². The van der Waals surface area contributed by atoms with E-state index < -0.39 is 17.8 Å². The van der Waals surface area contributed by atoms with Crippen LogP contribution in [-0.4, -0.2) is 32.8 Å². The Morgan fingerprint density at radius 1 is 1.20 bits per heavy atom. The number of aromatic nitrogens is 5. The van der Waals surface area contributed by atoms with Crippen molar-refractivity contribution >= 4 is 28.9 Å². The van der Waals surface area contributed by atoms with E-state index in [2.05, 4.69) is 27.3 Å². The predicted octanol–water partition coefficient (Wildman–Crippen LogP) is 8.27. The highest BCUT2D eigenvalue weighted by molar-refractivity contribution is 6.31. The van der Waals surface area contributed by atoms with Crippen molar-refractivity contribution in [2.45, 2.75) is 52.4 Å². The van der Waals surface area contributed by atoms with Gasteiger partial charge in [0.2, 0.25) is 11.6 Å². The zero-order valence-corrected chi connectivity index (χ0v) is 28.2. The number of imidazole rings is 1. The Balaban J connectivity index is 1.42. The molecule has 4 heterocycles. The highest BCUT2D eigenvalue weighted by atomic mass is 35.5. The van der Waals surface area contributed by atoms with Gasteiger partial charge < -0.3 is 25.6 Å². The fourth-order valence-corrected chi connectivity index (χ4v) is 6.25. The van der Waals surface area contributed by atoms with Crippen molar-refractivity contribution in [1.29, 1.82) is 0 Å². The van der Waals surface area contributed by atoms with E-state index >= 15 is 0 Å². The number of halogens is 3. The van der Waals surface area contributed by atoms with Crippen molar-refractivity contribution < 1.29 is 23.0 Å². The summed E-state index contributed by atoms with van der Waals surface area (Å²) in [6.45, 7) is 9.54. The number of ether oxygens (including phenoxy) is 1. The van der Waals surface area contributed by atoms with E-state index in [9.17, 15) is 18.8 Å². The Kier molecular flexibility index (Phi) is 9.17. The lowest BCUT2D eigenvalue weighted by Gasteiger charge is -2.26. The molecule has 2 bridgehead atoms. The number of anilines is 2. The average molecular weight is 688 g/mol. The molecule has 1 aliphatic rings. The molecule has 254 valence electrons. The van der Waals surface area contributed by atoms with Crippen LogP contribution in [0.4, 0.5) is 20.2 Å². The van der Waals surface area contributed by atoms with E-state index in [-0.39, 0.29) is 11.5 Å². The molecule has 2 aromatic carbocycles. The molecule has 6 rings (SSSR count). The van der Waals surface area contributed by atoms with Crippen LogP contribution in [0.15, 0.2) is 79.6 Å². The molecule has 0 unspecified atom stereocenters. The van der Waals surface area contributed by atoms with Crippen molar-refractivity contribution in [1.82, 2.24) is 19.7 Å². The third-order valence-electron chi connectivity index (χ3n) is 8.87. The van der Waals surface area contributed by atoms with Crippen LogP contribution in [0.1, 0.15) is 68.2 Å². The highest BCUT2D eigenvalue weighted by Crippen LogP contribution is 2.39. The monoisotopic (exact) mass is 687 g/mol. The average Bonchev–Trinajstić information content (AvgIpc) is 3.70. The Morgan fingerprint density at radius 2 is 2.00 bits per heavy atom. The molecule has 0 spiro atoms. The van der Waals surface area contributed by atoms with Crippen molar-refractivity contribution in [3.63, 3.8) is 0 Å². The number of nitrogens with one attached hydrogen (secondary N) is 3. The quantitative estimate of drug-likeness (QED) is 0.0899. The van der Waals surface area contributed by atoms with Crippen LogP contribution in [0.3, 0.4) is 0 Å². The van der Waals surface area contributed by atoms with Gasteiger partial charge in [-0.1, -0.05) is 31.9 Å². The SMILES string of the molecule is C=C(Nc1ccc2c(c1)NC(=O)C(C)(C)CCC[C@H](c1ccc(-c3cc(Cl)ccc3-n3cc(C(F)F)cn3)c[n+]1[O-])c1nc-2c(C)[nH]1)OC. The first-order valence-corrected chi connectivity index (χ1v) is 16.1. The van der Waals surface area contributed by atoms with Crippen LogP contribution in [0.2, 0.25) is 5.02 Å². The number of alkyl halides is 2. The maximum atomic E-state index is 13.9. The van der Waals surface area contributed by atoms with Crippen molar-refractivity contribution in [3.05, 3.63) is 113 Å². The number of pyridine rings is 1. The van der Waals surface area contributed by atoms with Gasteiger partial charge in [0, 0.05) is 50.8 Å². The van der Waals surface area contributed by atoms with Gasteiger partial charge >= 0.3 is 0 Å². The molecule has 0 saturated heterocycles. The fourth-order valence-electron chi connectivity index (χ4n) is 6.07. The van der Waals surface area contributed by atoms with Crippen molar-refractivity contribution in [2.75, 3.05) is 17.7 Å². The molecule has 0 radical (unpaired) electrons. The predicted molar refractivity (Wildman–Crippen MR) is 185 cm³/mol. The first-order chi connectivity index (χ1) is 23.3. The standard InChI is InChI=1S/C36H36ClF2N7O3/c1-20-32-26-11-10-25(42-21(2)49-5)16-29(26)43-35(47)36(3,4)14-6-7-27(34(41-20)44-32)31-12-8-22(19-46(31)48)28-15-24(37)9-13-30(28)45-18-23(17-40-45)33(38)39/h8-13,15-19,27,33,42H,2,6-7,14H2,1,3-5H3,(H,41,44)(H,43,47)/t27-/m1/s1. The number of aromatic amines is 1. The summed E-state index contributed by atoms with van der Waals surface area (Å²) in [6.07, 6.45) is 2.88. The molecule has 5 aromatic rings. The van der Waals surface area contributed by atoms with Crippen LogP contribution >= 0.6 is 11.6 Å². The summed E-state index contributed by atoms with van der Waals surface area (Å²) in [5, 5.41) is 24.6. The van der Waals surface area contributed by atoms with E-state index in [1.165, 1.54) is 24.2 Å². The van der Waals surface area contributed by atoms with E-state index in [0.29, 0.717) is 81.1 Å². The van der Waals surface area contributed by atoms with Gasteiger partial charge in [-0.15, -0.1) is 0 Å². The van der Waals surface area contributed by atoms with E-state index in [1.54, 1.807) is 30.3 Å². The molecule has 3 N–H and O–H groups in total. The van der Waals surface area contributed by atoms with Crippen LogP contribution < -0.4 is 15.4 Å². The molecule has 10 nitrogen and oxygen atoms in total. The third kappa shape index (κ3) is 6.86. The summed E-state index contributed by atoms with van der Waals surface area (Å²) in [4.78, 5) is 22.0. The molecule has 13 heteroatoms. The van der Waals surface area contributed by atoms with Crippen molar-refractivity contribution in [2.24, 2.45) is 5.41 Å². The number of amides is 1. The first kappa shape index (κ1) is 33.7. The molecule has 3 aromatic heterocycles. The Morgan fingerprint density at radius 3 is 2.71 bits per heavy atom. The summed E-state index contributed by atoms with van der Waals surface area (Å²) < 4.78 is 34.0. The number of rotatable bonds is 7. The number of hydrogen-bond donors (Lipinski definition) is 3. The third-order valence-corrected chi connectivity index (χ3v) is 9.10. The van der Waals surface area contributed by atoms with Crippen LogP contribution in [0, 0.1) is 17.5 Å². The molecule has 1 amide bonds. The Bertz CT molecular complexity index is 2060. The normalized spacial score (nSPS) is 15.9. The molecular weight excluding hydrogens is 652 g/mol. The lowest BCUT2D eigenvalue weighted by Crippen LogP contribution is -2.34.